The fourth-order valence-corrected chi connectivity index (χ4v) is 5.10. The molecule has 0 saturated heterocycles. The molecule has 4 N–H and O–H groups in total. The molecular weight excluding hydrogens is 479 g/mol. The van der Waals surface area contributed by atoms with Gasteiger partial charge in [-0.15, -0.1) is 0 Å². The quantitative estimate of drug-likeness (QED) is 0.563. The number of fused-ring (bicyclic) bond motifs is 2. The number of Topliss-reactive ketones (excluding diaryl/α,β-unsaturated/α-hetero) is 1. The summed E-state index contributed by atoms with van der Waals surface area (Å²) >= 11 is 12.5. The molecular formula is C24H20Cl2N4O4. The summed E-state index contributed by atoms with van der Waals surface area (Å²) in [6, 6.07) is 9.57. The van der Waals surface area contributed by atoms with Gasteiger partial charge in [-0.2, -0.15) is 0 Å². The zero-order valence-corrected chi connectivity index (χ0v) is 19.6. The van der Waals surface area contributed by atoms with E-state index in [1.165, 1.54) is 17.0 Å². The van der Waals surface area contributed by atoms with Gasteiger partial charge in [0, 0.05) is 44.0 Å². The highest BCUT2D eigenvalue weighted by Crippen LogP contribution is 2.58. The smallest absolute Gasteiger partial charge is 0.260 e. The number of nitrogens with two attached hydrogens (primary N) is 1. The summed E-state index contributed by atoms with van der Waals surface area (Å²) in [6.07, 6.45) is 2.55. The van der Waals surface area contributed by atoms with Crippen molar-refractivity contribution in [2.45, 2.75) is 25.3 Å². The molecule has 2 aliphatic heterocycles. The summed E-state index contributed by atoms with van der Waals surface area (Å²) < 4.78 is 0. The predicted molar refractivity (Wildman–Crippen MR) is 129 cm³/mol. The van der Waals surface area contributed by atoms with Gasteiger partial charge in [0.2, 0.25) is 5.91 Å². The highest BCUT2D eigenvalue weighted by Gasteiger charge is 2.65. The lowest BCUT2D eigenvalue weighted by molar-refractivity contribution is -0.125. The highest BCUT2D eigenvalue weighted by atomic mass is 35.5. The molecule has 1 saturated carbocycles. The Bertz CT molecular complexity index is 1330. The van der Waals surface area contributed by atoms with Crippen molar-refractivity contribution in [2.24, 2.45) is 11.1 Å². The van der Waals surface area contributed by atoms with Crippen LogP contribution in [0.15, 0.2) is 48.0 Å². The molecule has 174 valence electrons. The molecule has 10 heteroatoms. The van der Waals surface area contributed by atoms with Gasteiger partial charge in [0.25, 0.3) is 11.8 Å². The first-order chi connectivity index (χ1) is 16.1. The first-order valence-corrected chi connectivity index (χ1v) is 11.4. The molecule has 1 unspecified atom stereocenters. The van der Waals surface area contributed by atoms with E-state index < -0.39 is 28.7 Å². The molecule has 3 aliphatic rings. The lowest BCUT2D eigenvalue weighted by atomic mass is 9.77. The fraction of sp³-hybridized carbons (Fsp3) is 0.250. The Morgan fingerprint density at radius 2 is 1.88 bits per heavy atom. The van der Waals surface area contributed by atoms with Crippen molar-refractivity contribution in [3.05, 3.63) is 63.7 Å². The van der Waals surface area contributed by atoms with Crippen molar-refractivity contribution >= 4 is 63.8 Å². The minimum atomic E-state index is -1.82. The average Bonchev–Trinajstić information content (AvgIpc) is 3.35. The maximum Gasteiger partial charge on any atom is 0.260 e. The van der Waals surface area contributed by atoms with Crippen molar-refractivity contribution in [1.29, 1.82) is 0 Å². The lowest BCUT2D eigenvalue weighted by Gasteiger charge is -2.37. The second kappa shape index (κ2) is 7.58. The van der Waals surface area contributed by atoms with Gasteiger partial charge in [-0.05, 0) is 43.2 Å². The van der Waals surface area contributed by atoms with Gasteiger partial charge in [0.05, 0.1) is 12.2 Å². The summed E-state index contributed by atoms with van der Waals surface area (Å²) in [5.41, 5.74) is 4.22. The summed E-state index contributed by atoms with van der Waals surface area (Å²) in [6.45, 7) is 1.57. The Morgan fingerprint density at radius 3 is 2.53 bits per heavy atom. The third kappa shape index (κ3) is 3.20. The SMILES string of the molecule is CC1(C(=O)C2=CC(=O)N(c3cccc(Cl)c3)C23C(=O)Nc2cc(Cl)cc(NCC(N)=O)c23)CC1. The van der Waals surface area contributed by atoms with Crippen LogP contribution in [0.1, 0.15) is 25.3 Å². The van der Waals surface area contributed by atoms with Crippen molar-refractivity contribution in [2.75, 3.05) is 22.1 Å². The van der Waals surface area contributed by atoms with Crippen LogP contribution in [0, 0.1) is 5.41 Å². The largest absolute Gasteiger partial charge is 0.376 e. The van der Waals surface area contributed by atoms with Gasteiger partial charge < -0.3 is 16.4 Å². The van der Waals surface area contributed by atoms with Crippen LogP contribution in [0.4, 0.5) is 17.1 Å². The van der Waals surface area contributed by atoms with Crippen LogP contribution < -0.4 is 21.3 Å². The van der Waals surface area contributed by atoms with Crippen molar-refractivity contribution in [3.63, 3.8) is 0 Å². The van der Waals surface area contributed by atoms with Crippen LogP contribution in [-0.2, 0) is 24.7 Å². The molecule has 34 heavy (non-hydrogen) atoms. The maximum atomic E-state index is 13.8. The van der Waals surface area contributed by atoms with Crippen LogP contribution >= 0.6 is 23.2 Å². The van der Waals surface area contributed by atoms with E-state index in [1.807, 2.05) is 6.92 Å². The molecule has 0 aromatic heterocycles. The van der Waals surface area contributed by atoms with E-state index in [9.17, 15) is 19.2 Å². The zero-order valence-electron chi connectivity index (χ0n) is 18.1. The Hall–Kier alpha value is -3.36. The normalized spacial score (nSPS) is 21.9. The first-order valence-electron chi connectivity index (χ1n) is 10.6. The number of carbonyl (C=O) groups is 4. The fourth-order valence-electron chi connectivity index (χ4n) is 4.70. The highest BCUT2D eigenvalue weighted by molar-refractivity contribution is 6.33. The lowest BCUT2D eigenvalue weighted by Crippen LogP contribution is -2.53. The number of carbonyl (C=O) groups excluding carboxylic acids is 4. The van der Waals surface area contributed by atoms with Crippen molar-refractivity contribution in [3.8, 4) is 0 Å². The van der Waals surface area contributed by atoms with Crippen LogP contribution in [0.25, 0.3) is 0 Å². The van der Waals surface area contributed by atoms with E-state index in [-0.39, 0.29) is 22.9 Å². The van der Waals surface area contributed by atoms with Gasteiger partial charge in [-0.1, -0.05) is 36.2 Å². The number of nitrogens with zero attached hydrogens (tertiary/aromatic N) is 1. The van der Waals surface area contributed by atoms with Crippen molar-refractivity contribution in [1.82, 2.24) is 0 Å². The van der Waals surface area contributed by atoms with E-state index in [0.717, 1.165) is 0 Å². The molecule has 8 nitrogen and oxygen atoms in total. The average molecular weight is 499 g/mol. The van der Waals surface area contributed by atoms with Gasteiger partial charge in [-0.3, -0.25) is 24.1 Å². The van der Waals surface area contributed by atoms with Crippen molar-refractivity contribution < 1.29 is 19.2 Å². The van der Waals surface area contributed by atoms with Gasteiger partial charge in [0.1, 0.15) is 0 Å². The summed E-state index contributed by atoms with van der Waals surface area (Å²) in [5.74, 6) is -2.02. The minimum Gasteiger partial charge on any atom is -0.376 e. The number of primary amides is 1. The molecule has 1 aliphatic carbocycles. The van der Waals surface area contributed by atoms with Crippen LogP contribution in [0.2, 0.25) is 10.0 Å². The van der Waals surface area contributed by atoms with Crippen LogP contribution in [-0.4, -0.2) is 30.0 Å². The van der Waals surface area contributed by atoms with Crippen LogP contribution in [0.5, 0.6) is 0 Å². The van der Waals surface area contributed by atoms with Gasteiger partial charge >= 0.3 is 0 Å². The molecule has 2 aromatic carbocycles. The first kappa shape index (κ1) is 22.4. The molecule has 2 heterocycles. The zero-order chi connectivity index (χ0) is 24.4. The second-order valence-electron chi connectivity index (χ2n) is 8.96. The minimum absolute atomic E-state index is 0.0678. The number of ketones is 1. The van der Waals surface area contributed by atoms with E-state index >= 15 is 0 Å². The Kier molecular flexibility index (Phi) is 5.00. The molecule has 1 fully saturated rings. The topological polar surface area (TPSA) is 122 Å². The monoisotopic (exact) mass is 498 g/mol. The Morgan fingerprint density at radius 1 is 1.15 bits per heavy atom. The Balaban J connectivity index is 1.80. The number of nitrogens with one attached hydrogen (secondary N) is 2. The molecule has 1 spiro atoms. The number of halogens is 2. The molecule has 0 bridgehead atoms. The van der Waals surface area contributed by atoms with E-state index in [0.29, 0.717) is 40.5 Å². The number of anilines is 3. The summed E-state index contributed by atoms with van der Waals surface area (Å²) in [5, 5.41) is 6.35. The second-order valence-corrected chi connectivity index (χ2v) is 9.83. The molecule has 0 radical (unpaired) electrons. The van der Waals surface area contributed by atoms with Gasteiger partial charge in [0.15, 0.2) is 11.3 Å². The van der Waals surface area contributed by atoms with Crippen LogP contribution in [0.3, 0.4) is 0 Å². The number of rotatable bonds is 6. The number of amides is 3. The molecule has 5 rings (SSSR count). The molecule has 1 atom stereocenters. The van der Waals surface area contributed by atoms with Gasteiger partial charge in [-0.25, -0.2) is 0 Å². The third-order valence-corrected chi connectivity index (χ3v) is 7.02. The maximum absolute atomic E-state index is 13.8. The molecule has 3 amide bonds. The third-order valence-electron chi connectivity index (χ3n) is 6.57. The summed E-state index contributed by atoms with van der Waals surface area (Å²) in [4.78, 5) is 53.8. The molecule has 2 aromatic rings. The number of hydrogen-bond donors (Lipinski definition) is 3. The van der Waals surface area contributed by atoms with E-state index in [4.69, 9.17) is 28.9 Å². The number of hydrogen-bond acceptors (Lipinski definition) is 5. The predicted octanol–water partition coefficient (Wildman–Crippen LogP) is 3.38. The standard InChI is InChI=1S/C24H20Cl2N4O4/c1-23(5-6-23)21(33)15-10-19(32)30(14-4-2-3-12(25)7-14)24(15)20-16(28-11-18(27)31)8-13(26)9-17(20)29-22(24)34/h2-4,7-10,28H,5-6,11H2,1H3,(H2,27,31)(H,29,34). The van der Waals surface area contributed by atoms with E-state index in [2.05, 4.69) is 10.6 Å². The summed E-state index contributed by atoms with van der Waals surface area (Å²) in [7, 11) is 0. The van der Waals surface area contributed by atoms with E-state index in [1.54, 1.807) is 30.3 Å². The number of benzene rings is 2. The Labute approximate surface area is 205 Å².